The highest BCUT2D eigenvalue weighted by Gasteiger charge is 2.39. The third kappa shape index (κ3) is 9.85. The van der Waals surface area contributed by atoms with Crippen LogP contribution < -0.4 is 5.32 Å². The van der Waals surface area contributed by atoms with Crippen LogP contribution >= 0.6 is 0 Å². The molecule has 0 spiro atoms. The van der Waals surface area contributed by atoms with E-state index in [1.807, 2.05) is 13.0 Å². The molecule has 0 radical (unpaired) electrons. The number of Topliss-reactive ketones (excluding diaryl/α,β-unsaturated/α-hetero) is 1. The number of carbonyl (C=O) groups is 3. The first kappa shape index (κ1) is 33.2. The Morgan fingerprint density at radius 2 is 1.75 bits per heavy atom. The third-order valence-corrected chi connectivity index (χ3v) is 11.1. The molecule has 1 amide bonds. The molecule has 2 rings (SSSR count). The number of ether oxygens (including phenoxy) is 2. The second-order valence-electron chi connectivity index (χ2n) is 12.3. The summed E-state index contributed by atoms with van der Waals surface area (Å²) in [6, 6.07) is 5.29. The molecule has 10 nitrogen and oxygen atoms in total. The summed E-state index contributed by atoms with van der Waals surface area (Å²) in [5.41, 5.74) is 0.452. The van der Waals surface area contributed by atoms with E-state index in [1.165, 1.54) is 0 Å². The number of esters is 1. The van der Waals surface area contributed by atoms with Gasteiger partial charge < -0.3 is 23.6 Å². The average Bonchev–Trinajstić information content (AvgIpc) is 3.24. The molecule has 0 saturated carbocycles. The lowest BCUT2D eigenvalue weighted by molar-refractivity contribution is 0.0516. The van der Waals surface area contributed by atoms with Crippen LogP contribution in [-0.4, -0.2) is 61.5 Å². The highest BCUT2D eigenvalue weighted by molar-refractivity contribution is 6.74. The molecule has 40 heavy (non-hydrogen) atoms. The Bertz CT molecular complexity index is 1180. The van der Waals surface area contributed by atoms with Crippen molar-refractivity contribution in [3.8, 4) is 0 Å². The van der Waals surface area contributed by atoms with Crippen LogP contribution in [0.2, 0.25) is 18.1 Å². The SMILES string of the molecule is CCOC(=O)c1nc(C(CO[Si](C)(C)C(C)(C)C)CC(=O)c2cccc(C)n2)oc1CCNC(=O)OC(C)(C)C. The van der Waals surface area contributed by atoms with Gasteiger partial charge >= 0.3 is 12.1 Å². The highest BCUT2D eigenvalue weighted by atomic mass is 28.4. The van der Waals surface area contributed by atoms with Crippen molar-refractivity contribution in [2.24, 2.45) is 0 Å². The molecule has 0 aromatic carbocycles. The summed E-state index contributed by atoms with van der Waals surface area (Å²) < 4.78 is 23.0. The number of nitrogens with one attached hydrogen (secondary N) is 1. The van der Waals surface area contributed by atoms with E-state index in [0.717, 1.165) is 5.69 Å². The molecule has 0 aliphatic rings. The van der Waals surface area contributed by atoms with E-state index in [-0.39, 0.29) is 60.8 Å². The van der Waals surface area contributed by atoms with E-state index in [2.05, 4.69) is 49.1 Å². The lowest BCUT2D eigenvalue weighted by Crippen LogP contribution is -2.41. The van der Waals surface area contributed by atoms with Crippen molar-refractivity contribution < 1.29 is 32.7 Å². The van der Waals surface area contributed by atoms with Crippen molar-refractivity contribution in [1.82, 2.24) is 15.3 Å². The maximum Gasteiger partial charge on any atom is 0.407 e. The first-order valence-electron chi connectivity index (χ1n) is 13.7. The van der Waals surface area contributed by atoms with Crippen LogP contribution in [0.25, 0.3) is 0 Å². The van der Waals surface area contributed by atoms with Gasteiger partial charge in [-0.1, -0.05) is 26.8 Å². The highest BCUT2D eigenvalue weighted by Crippen LogP contribution is 2.38. The lowest BCUT2D eigenvalue weighted by atomic mass is 10.0. The van der Waals surface area contributed by atoms with Crippen molar-refractivity contribution in [3.05, 3.63) is 46.9 Å². The molecule has 0 saturated heterocycles. The van der Waals surface area contributed by atoms with Gasteiger partial charge in [-0.15, -0.1) is 0 Å². The number of amides is 1. The molecule has 0 fully saturated rings. The normalized spacial score (nSPS) is 13.1. The van der Waals surface area contributed by atoms with E-state index in [1.54, 1.807) is 39.8 Å². The van der Waals surface area contributed by atoms with Gasteiger partial charge in [0.25, 0.3) is 0 Å². The molecule has 1 atom stereocenters. The van der Waals surface area contributed by atoms with Crippen LogP contribution in [0.15, 0.2) is 22.6 Å². The quantitative estimate of drug-likeness (QED) is 0.184. The molecule has 222 valence electrons. The predicted octanol–water partition coefficient (Wildman–Crippen LogP) is 6.00. The van der Waals surface area contributed by atoms with E-state index in [0.29, 0.717) is 5.69 Å². The van der Waals surface area contributed by atoms with E-state index < -0.39 is 31.9 Å². The van der Waals surface area contributed by atoms with Crippen LogP contribution in [0.4, 0.5) is 4.79 Å². The Kier molecular flexibility index (Phi) is 11.2. The number of oxazole rings is 1. The number of pyridine rings is 1. The minimum Gasteiger partial charge on any atom is -0.461 e. The predicted molar refractivity (Wildman–Crippen MR) is 154 cm³/mol. The van der Waals surface area contributed by atoms with Crippen molar-refractivity contribution in [2.75, 3.05) is 19.8 Å². The second kappa shape index (κ2) is 13.5. The Morgan fingerprint density at radius 3 is 2.33 bits per heavy atom. The van der Waals surface area contributed by atoms with Gasteiger partial charge in [0.15, 0.2) is 19.8 Å². The topological polar surface area (TPSA) is 130 Å². The fraction of sp³-hybridized carbons (Fsp3) is 0.621. The molecular formula is C29H45N3O7Si. The van der Waals surface area contributed by atoms with E-state index in [4.69, 9.17) is 18.3 Å². The van der Waals surface area contributed by atoms with E-state index in [9.17, 15) is 14.4 Å². The van der Waals surface area contributed by atoms with Gasteiger partial charge in [-0.05, 0) is 64.9 Å². The average molecular weight is 576 g/mol. The molecular weight excluding hydrogens is 530 g/mol. The summed E-state index contributed by atoms with van der Waals surface area (Å²) in [5, 5.41) is 2.61. The molecule has 0 aliphatic carbocycles. The van der Waals surface area contributed by atoms with Gasteiger partial charge in [0.05, 0.1) is 12.5 Å². The monoisotopic (exact) mass is 575 g/mol. The molecule has 2 heterocycles. The summed E-state index contributed by atoms with van der Waals surface area (Å²) >= 11 is 0. The number of alkyl carbamates (subject to hydrolysis) is 1. The fourth-order valence-corrected chi connectivity index (χ4v) is 4.49. The van der Waals surface area contributed by atoms with Gasteiger partial charge in [0.2, 0.25) is 5.89 Å². The Morgan fingerprint density at radius 1 is 1.07 bits per heavy atom. The number of ketones is 1. The standard InChI is InChI=1S/C29H45N3O7Si/c1-11-36-26(34)24-23(15-16-30-27(35)39-28(3,4)5)38-25(32-24)20(18-37-40(9,10)29(6,7)8)17-22(33)21-14-12-13-19(2)31-21/h12-14,20H,11,15-18H2,1-10H3,(H,30,35). The van der Waals surface area contributed by atoms with Crippen LogP contribution in [0.3, 0.4) is 0 Å². The number of carbonyl (C=O) groups excluding carboxylic acids is 3. The number of hydrogen-bond donors (Lipinski definition) is 1. The lowest BCUT2D eigenvalue weighted by Gasteiger charge is -2.37. The maximum atomic E-state index is 13.3. The number of hydrogen-bond acceptors (Lipinski definition) is 9. The van der Waals surface area contributed by atoms with Crippen LogP contribution in [0.1, 0.15) is 99.1 Å². The number of rotatable bonds is 12. The van der Waals surface area contributed by atoms with Crippen LogP contribution in [-0.2, 0) is 20.3 Å². The molecule has 1 N–H and O–H groups in total. The Hall–Kier alpha value is -3.05. The zero-order valence-corrected chi connectivity index (χ0v) is 26.6. The Labute approximate surface area is 238 Å². The van der Waals surface area contributed by atoms with Gasteiger partial charge in [-0.2, -0.15) is 0 Å². The fourth-order valence-electron chi connectivity index (χ4n) is 3.43. The summed E-state index contributed by atoms with van der Waals surface area (Å²) in [7, 11) is -2.18. The molecule has 11 heteroatoms. The molecule has 0 aliphatic heterocycles. The minimum absolute atomic E-state index is 0.0151. The smallest absolute Gasteiger partial charge is 0.407 e. The van der Waals surface area contributed by atoms with Gasteiger partial charge in [-0.3, -0.25) is 9.78 Å². The van der Waals surface area contributed by atoms with Gasteiger partial charge in [0, 0.05) is 31.7 Å². The molecule has 0 bridgehead atoms. The van der Waals surface area contributed by atoms with Crippen molar-refractivity contribution >= 4 is 26.2 Å². The van der Waals surface area contributed by atoms with Crippen molar-refractivity contribution in [1.29, 1.82) is 0 Å². The zero-order chi connectivity index (χ0) is 30.3. The second-order valence-corrected chi connectivity index (χ2v) is 17.1. The van der Waals surface area contributed by atoms with Gasteiger partial charge in [-0.25, -0.2) is 14.6 Å². The summed E-state index contributed by atoms with van der Waals surface area (Å²) in [6.07, 6.45) is -0.380. The minimum atomic E-state index is -2.18. The third-order valence-electron chi connectivity index (χ3n) is 6.61. The summed E-state index contributed by atoms with van der Waals surface area (Å²) in [5.74, 6) is -0.931. The van der Waals surface area contributed by atoms with Gasteiger partial charge in [0.1, 0.15) is 17.1 Å². The van der Waals surface area contributed by atoms with Crippen LogP contribution in [0, 0.1) is 6.92 Å². The van der Waals surface area contributed by atoms with Crippen molar-refractivity contribution in [2.45, 2.75) is 97.9 Å². The molecule has 2 aromatic heterocycles. The molecule has 1 unspecified atom stereocenters. The maximum absolute atomic E-state index is 13.3. The summed E-state index contributed by atoms with van der Waals surface area (Å²) in [6.45, 7) is 20.0. The van der Waals surface area contributed by atoms with Crippen molar-refractivity contribution in [3.63, 3.8) is 0 Å². The number of aromatic nitrogens is 2. The Balaban J connectivity index is 2.37. The first-order valence-corrected chi connectivity index (χ1v) is 16.6. The molecule has 2 aromatic rings. The first-order chi connectivity index (χ1) is 18.4. The summed E-state index contributed by atoms with van der Waals surface area (Å²) in [4.78, 5) is 47.0. The number of nitrogens with zero attached hydrogens (tertiary/aromatic N) is 2. The van der Waals surface area contributed by atoms with Crippen LogP contribution in [0.5, 0.6) is 0 Å². The number of aryl methyl sites for hydroxylation is 1. The zero-order valence-electron chi connectivity index (χ0n) is 25.6. The van der Waals surface area contributed by atoms with E-state index >= 15 is 0 Å². The largest absolute Gasteiger partial charge is 0.461 e.